The van der Waals surface area contributed by atoms with Gasteiger partial charge in [-0.25, -0.2) is 15.0 Å². The molecule has 0 aliphatic rings. The second-order valence-electron chi connectivity index (χ2n) is 4.78. The first kappa shape index (κ1) is 16.2. The van der Waals surface area contributed by atoms with E-state index in [2.05, 4.69) is 20.3 Å². The first-order valence-corrected chi connectivity index (χ1v) is 8.79. The van der Waals surface area contributed by atoms with E-state index in [0.717, 1.165) is 5.56 Å². The van der Waals surface area contributed by atoms with Gasteiger partial charge in [0.1, 0.15) is 11.6 Å². The molecule has 24 heavy (non-hydrogen) atoms. The molecule has 2 aromatic heterocycles. The molecule has 2 heterocycles. The highest BCUT2D eigenvalue weighted by Gasteiger charge is 2.08. The van der Waals surface area contributed by atoms with Gasteiger partial charge in [0.15, 0.2) is 10.3 Å². The molecule has 1 amide bonds. The van der Waals surface area contributed by atoms with Gasteiger partial charge in [-0.15, -0.1) is 11.3 Å². The summed E-state index contributed by atoms with van der Waals surface area (Å²) in [7, 11) is 0. The maximum absolute atomic E-state index is 12.1. The number of amides is 1. The van der Waals surface area contributed by atoms with Crippen LogP contribution in [0.3, 0.4) is 0 Å². The molecule has 0 bridgehead atoms. The minimum absolute atomic E-state index is 0.184. The van der Waals surface area contributed by atoms with E-state index in [0.29, 0.717) is 33.2 Å². The van der Waals surface area contributed by atoms with Crippen molar-refractivity contribution in [2.45, 2.75) is 10.9 Å². The number of rotatable bonds is 5. The van der Waals surface area contributed by atoms with Crippen LogP contribution in [-0.4, -0.2) is 20.9 Å². The molecule has 0 saturated carbocycles. The summed E-state index contributed by atoms with van der Waals surface area (Å²) in [4.78, 5) is 24.3. The number of thiazole rings is 1. The molecule has 7 nitrogen and oxygen atoms in total. The van der Waals surface area contributed by atoms with Crippen LogP contribution in [0.15, 0.2) is 47.1 Å². The second-order valence-corrected chi connectivity index (χ2v) is 6.61. The molecule has 0 unspecified atom stereocenters. The second kappa shape index (κ2) is 7.28. The monoisotopic (exact) mass is 358 g/mol. The van der Waals surface area contributed by atoms with Crippen molar-refractivity contribution >= 4 is 45.8 Å². The normalized spacial score (nSPS) is 10.5. The lowest BCUT2D eigenvalue weighted by atomic mass is 10.1. The van der Waals surface area contributed by atoms with Crippen molar-refractivity contribution in [2.24, 2.45) is 0 Å². The number of nitrogens with two attached hydrogens (primary N) is 2. The van der Waals surface area contributed by atoms with Gasteiger partial charge in [-0.05, 0) is 17.7 Å². The number of nitrogens with one attached hydrogen (secondary N) is 1. The van der Waals surface area contributed by atoms with Gasteiger partial charge >= 0.3 is 0 Å². The third-order valence-electron chi connectivity index (χ3n) is 2.98. The lowest BCUT2D eigenvalue weighted by Gasteiger charge is -2.05. The Hall–Kier alpha value is -2.65. The lowest BCUT2D eigenvalue weighted by Crippen LogP contribution is -2.11. The minimum Gasteiger partial charge on any atom is -0.383 e. The quantitative estimate of drug-likeness (QED) is 0.473. The van der Waals surface area contributed by atoms with Crippen molar-refractivity contribution < 1.29 is 4.79 Å². The summed E-state index contributed by atoms with van der Waals surface area (Å²) in [5, 5.41) is 5.66. The van der Waals surface area contributed by atoms with E-state index in [1.807, 2.05) is 12.1 Å². The predicted octanol–water partition coefficient (Wildman–Crippen LogP) is 2.64. The van der Waals surface area contributed by atoms with E-state index in [9.17, 15) is 4.79 Å². The molecule has 1 aromatic carbocycles. The van der Waals surface area contributed by atoms with Gasteiger partial charge in [0.25, 0.3) is 5.91 Å². The van der Waals surface area contributed by atoms with E-state index in [1.165, 1.54) is 29.2 Å². The fraction of sp³-hybridized carbons (Fsp3) is 0.0667. The topological polar surface area (TPSA) is 120 Å². The third kappa shape index (κ3) is 4.21. The molecule has 3 rings (SSSR count). The summed E-state index contributed by atoms with van der Waals surface area (Å²) in [5.41, 5.74) is 12.9. The van der Waals surface area contributed by atoms with Crippen molar-refractivity contribution in [3.63, 3.8) is 0 Å². The van der Waals surface area contributed by atoms with Crippen molar-refractivity contribution in [3.8, 4) is 0 Å². The van der Waals surface area contributed by atoms with Gasteiger partial charge in [0.05, 0.1) is 0 Å². The minimum atomic E-state index is -0.184. The van der Waals surface area contributed by atoms with Crippen molar-refractivity contribution in [3.05, 3.63) is 53.0 Å². The average molecular weight is 358 g/mol. The Morgan fingerprint density at radius 2 is 1.88 bits per heavy atom. The summed E-state index contributed by atoms with van der Waals surface area (Å²) < 4.78 is 0. The van der Waals surface area contributed by atoms with Crippen LogP contribution in [0, 0.1) is 0 Å². The summed E-state index contributed by atoms with van der Waals surface area (Å²) in [5.74, 6) is 1.16. The molecule has 0 saturated heterocycles. The molecule has 0 atom stereocenters. The highest BCUT2D eigenvalue weighted by molar-refractivity contribution is 7.98. The van der Waals surface area contributed by atoms with Crippen LogP contribution in [-0.2, 0) is 5.75 Å². The van der Waals surface area contributed by atoms with E-state index in [-0.39, 0.29) is 5.91 Å². The standard InChI is InChI=1S/C15H14N6OS2/c16-11-7-12(17)20-15(19-11)24-8-9-1-3-10(4-2-9)13(22)21-14-18-5-6-23-14/h1-7H,8H2,(H,18,21,22)(H4,16,17,19,20). The fourth-order valence-electron chi connectivity index (χ4n) is 1.88. The highest BCUT2D eigenvalue weighted by atomic mass is 32.2. The molecule has 5 N–H and O–H groups in total. The van der Waals surface area contributed by atoms with Crippen molar-refractivity contribution in [1.82, 2.24) is 15.0 Å². The molecule has 122 valence electrons. The molecule has 0 fully saturated rings. The van der Waals surface area contributed by atoms with Crippen LogP contribution < -0.4 is 16.8 Å². The maximum atomic E-state index is 12.1. The zero-order chi connectivity index (χ0) is 16.9. The Balaban J connectivity index is 1.61. The molecule has 0 aliphatic carbocycles. The van der Waals surface area contributed by atoms with Gasteiger partial charge in [-0.1, -0.05) is 23.9 Å². The Labute approximate surface area is 146 Å². The van der Waals surface area contributed by atoms with Crippen LogP contribution in [0.4, 0.5) is 16.8 Å². The summed E-state index contributed by atoms with van der Waals surface area (Å²) in [6, 6.07) is 8.83. The fourth-order valence-corrected chi connectivity index (χ4v) is 3.23. The lowest BCUT2D eigenvalue weighted by molar-refractivity contribution is 0.102. The van der Waals surface area contributed by atoms with E-state index in [1.54, 1.807) is 23.7 Å². The number of anilines is 3. The Bertz CT molecular complexity index is 815. The molecular weight excluding hydrogens is 344 g/mol. The number of carbonyl (C=O) groups is 1. The maximum Gasteiger partial charge on any atom is 0.257 e. The van der Waals surface area contributed by atoms with Gasteiger partial charge in [-0.3, -0.25) is 10.1 Å². The molecule has 0 aliphatic heterocycles. The van der Waals surface area contributed by atoms with Crippen LogP contribution in [0.25, 0.3) is 0 Å². The van der Waals surface area contributed by atoms with Gasteiger partial charge in [0.2, 0.25) is 0 Å². The summed E-state index contributed by atoms with van der Waals surface area (Å²) in [6.45, 7) is 0. The van der Waals surface area contributed by atoms with Crippen molar-refractivity contribution in [2.75, 3.05) is 16.8 Å². The smallest absolute Gasteiger partial charge is 0.257 e. The van der Waals surface area contributed by atoms with Gasteiger partial charge < -0.3 is 11.5 Å². The van der Waals surface area contributed by atoms with Crippen LogP contribution in [0.5, 0.6) is 0 Å². The molecule has 0 spiro atoms. The Morgan fingerprint density at radius 3 is 2.50 bits per heavy atom. The molecule has 0 radical (unpaired) electrons. The number of hydrogen-bond donors (Lipinski definition) is 3. The predicted molar refractivity (Wildman–Crippen MR) is 96.9 cm³/mol. The van der Waals surface area contributed by atoms with Crippen molar-refractivity contribution in [1.29, 1.82) is 0 Å². The number of thioether (sulfide) groups is 1. The van der Waals surface area contributed by atoms with E-state index >= 15 is 0 Å². The first-order chi connectivity index (χ1) is 11.6. The summed E-state index contributed by atoms with van der Waals surface area (Å²) in [6.07, 6.45) is 1.64. The van der Waals surface area contributed by atoms with Crippen LogP contribution >= 0.6 is 23.1 Å². The highest BCUT2D eigenvalue weighted by Crippen LogP contribution is 2.21. The molecule has 3 aromatic rings. The number of carbonyl (C=O) groups excluding carboxylic acids is 1. The van der Waals surface area contributed by atoms with Gasteiger partial charge in [0, 0.05) is 29.0 Å². The summed E-state index contributed by atoms with van der Waals surface area (Å²) >= 11 is 2.81. The number of benzene rings is 1. The van der Waals surface area contributed by atoms with E-state index < -0.39 is 0 Å². The Morgan fingerprint density at radius 1 is 1.17 bits per heavy atom. The van der Waals surface area contributed by atoms with Gasteiger partial charge in [-0.2, -0.15) is 0 Å². The zero-order valence-corrected chi connectivity index (χ0v) is 14.1. The number of nitrogens with zero attached hydrogens (tertiary/aromatic N) is 3. The largest absolute Gasteiger partial charge is 0.383 e. The first-order valence-electron chi connectivity index (χ1n) is 6.93. The molecule has 9 heteroatoms. The zero-order valence-electron chi connectivity index (χ0n) is 12.5. The van der Waals surface area contributed by atoms with Crippen LogP contribution in [0.1, 0.15) is 15.9 Å². The SMILES string of the molecule is Nc1cc(N)nc(SCc2ccc(C(=O)Nc3nccs3)cc2)n1. The number of hydrogen-bond acceptors (Lipinski definition) is 8. The third-order valence-corrected chi connectivity index (χ3v) is 4.59. The van der Waals surface area contributed by atoms with Crippen LogP contribution in [0.2, 0.25) is 0 Å². The number of nitrogen functional groups attached to an aromatic ring is 2. The molecular formula is C15H14N6OS2. The van der Waals surface area contributed by atoms with E-state index in [4.69, 9.17) is 11.5 Å². The number of aromatic nitrogens is 3. The average Bonchev–Trinajstić information content (AvgIpc) is 3.05. The Kier molecular flexibility index (Phi) is 4.92.